The van der Waals surface area contributed by atoms with Gasteiger partial charge in [-0.05, 0) is 36.6 Å². The Morgan fingerprint density at radius 3 is 2.33 bits per heavy atom. The van der Waals surface area contributed by atoms with Gasteiger partial charge in [0.05, 0.1) is 6.54 Å². The largest absolute Gasteiger partial charge is 0.376 e. The fourth-order valence-corrected chi connectivity index (χ4v) is 2.44. The molecular formula is C22H29N3O2. The number of rotatable bonds is 8. The van der Waals surface area contributed by atoms with Gasteiger partial charge in [-0.1, -0.05) is 57.2 Å². The number of hydrogen-bond donors (Lipinski definition) is 3. The van der Waals surface area contributed by atoms with E-state index in [0.717, 1.165) is 18.5 Å². The summed E-state index contributed by atoms with van der Waals surface area (Å²) < 4.78 is 0. The minimum atomic E-state index is -0.455. The number of benzene rings is 2. The van der Waals surface area contributed by atoms with Crippen LogP contribution in [0.1, 0.15) is 32.8 Å². The highest BCUT2D eigenvalue weighted by molar-refractivity contribution is 5.95. The topological polar surface area (TPSA) is 70.2 Å². The maximum absolute atomic E-state index is 12.1. The van der Waals surface area contributed by atoms with Crippen LogP contribution in [0.15, 0.2) is 54.6 Å². The predicted molar refractivity (Wildman–Crippen MR) is 111 cm³/mol. The second-order valence-corrected chi connectivity index (χ2v) is 7.58. The third-order valence-corrected chi connectivity index (χ3v) is 4.06. The van der Waals surface area contributed by atoms with Crippen molar-refractivity contribution in [1.82, 2.24) is 5.32 Å². The lowest BCUT2D eigenvalue weighted by atomic mass is 9.95. The summed E-state index contributed by atoms with van der Waals surface area (Å²) in [5, 5.41) is 8.90. The summed E-state index contributed by atoms with van der Waals surface area (Å²) in [5.74, 6) is -0.0944. The molecule has 0 fully saturated rings. The highest BCUT2D eigenvalue weighted by Crippen LogP contribution is 2.19. The van der Waals surface area contributed by atoms with Gasteiger partial charge in [0.15, 0.2) is 0 Å². The van der Waals surface area contributed by atoms with Crippen molar-refractivity contribution in [2.75, 3.05) is 23.7 Å². The summed E-state index contributed by atoms with van der Waals surface area (Å²) in [6.07, 6.45) is 1.86. The molecular weight excluding hydrogens is 338 g/mol. The molecule has 0 aliphatic carbocycles. The molecule has 0 aromatic heterocycles. The molecule has 0 aliphatic rings. The zero-order valence-corrected chi connectivity index (χ0v) is 16.3. The number of aryl methyl sites for hydroxylation is 1. The lowest BCUT2D eigenvalue weighted by Crippen LogP contribution is -2.30. The molecule has 144 valence electrons. The minimum Gasteiger partial charge on any atom is -0.376 e. The molecule has 5 nitrogen and oxygen atoms in total. The first-order chi connectivity index (χ1) is 12.8. The molecule has 0 aliphatic heterocycles. The molecule has 0 spiro atoms. The molecule has 27 heavy (non-hydrogen) atoms. The van der Waals surface area contributed by atoms with Crippen LogP contribution < -0.4 is 16.0 Å². The Kier molecular flexibility index (Phi) is 7.41. The van der Waals surface area contributed by atoms with Gasteiger partial charge >= 0.3 is 0 Å². The summed E-state index contributed by atoms with van der Waals surface area (Å²) in [7, 11) is 0. The van der Waals surface area contributed by atoms with Crippen molar-refractivity contribution in [3.05, 3.63) is 60.2 Å². The molecule has 0 radical (unpaired) electrons. The van der Waals surface area contributed by atoms with Crippen LogP contribution in [0.4, 0.5) is 11.4 Å². The van der Waals surface area contributed by atoms with E-state index in [4.69, 9.17) is 0 Å². The van der Waals surface area contributed by atoms with Gasteiger partial charge in [-0.3, -0.25) is 9.59 Å². The Balaban J connectivity index is 1.71. The molecule has 0 atom stereocenters. The Morgan fingerprint density at radius 1 is 0.926 bits per heavy atom. The molecule has 0 heterocycles. The van der Waals surface area contributed by atoms with Crippen LogP contribution in [-0.2, 0) is 16.0 Å². The van der Waals surface area contributed by atoms with E-state index in [1.807, 2.05) is 63.2 Å². The molecule has 3 N–H and O–H groups in total. The summed E-state index contributed by atoms with van der Waals surface area (Å²) in [4.78, 5) is 24.0. The van der Waals surface area contributed by atoms with E-state index in [9.17, 15) is 9.59 Å². The zero-order valence-electron chi connectivity index (χ0n) is 16.3. The Morgan fingerprint density at radius 2 is 1.63 bits per heavy atom. The van der Waals surface area contributed by atoms with Crippen molar-refractivity contribution >= 4 is 23.2 Å². The van der Waals surface area contributed by atoms with Crippen LogP contribution >= 0.6 is 0 Å². The molecule has 2 rings (SSSR count). The van der Waals surface area contributed by atoms with E-state index in [-0.39, 0.29) is 18.4 Å². The average molecular weight is 367 g/mol. The second kappa shape index (κ2) is 9.76. The molecule has 0 saturated heterocycles. The van der Waals surface area contributed by atoms with E-state index >= 15 is 0 Å². The van der Waals surface area contributed by atoms with Gasteiger partial charge in [-0.2, -0.15) is 0 Å². The van der Waals surface area contributed by atoms with Crippen molar-refractivity contribution in [2.45, 2.75) is 33.6 Å². The summed E-state index contributed by atoms with van der Waals surface area (Å²) in [6.45, 7) is 6.45. The van der Waals surface area contributed by atoms with Gasteiger partial charge in [-0.15, -0.1) is 0 Å². The Labute approximate surface area is 161 Å². The molecule has 2 aromatic rings. The van der Waals surface area contributed by atoms with E-state index in [2.05, 4.69) is 28.1 Å². The van der Waals surface area contributed by atoms with Crippen molar-refractivity contribution in [2.24, 2.45) is 5.41 Å². The number of hydrogen-bond acceptors (Lipinski definition) is 3. The van der Waals surface area contributed by atoms with Crippen molar-refractivity contribution in [1.29, 1.82) is 0 Å². The third-order valence-electron chi connectivity index (χ3n) is 4.06. The highest BCUT2D eigenvalue weighted by Gasteiger charge is 2.21. The van der Waals surface area contributed by atoms with Crippen LogP contribution in [0, 0.1) is 5.41 Å². The molecule has 2 amide bonds. The first-order valence-corrected chi connectivity index (χ1v) is 9.30. The molecule has 0 bridgehead atoms. The number of carbonyl (C=O) groups is 2. The van der Waals surface area contributed by atoms with Crippen molar-refractivity contribution < 1.29 is 9.59 Å². The Hall–Kier alpha value is -2.82. The number of nitrogens with one attached hydrogen (secondary N) is 3. The predicted octanol–water partition coefficient (Wildman–Crippen LogP) is 3.83. The Bertz CT molecular complexity index is 752. The van der Waals surface area contributed by atoms with E-state index < -0.39 is 5.41 Å². The number of anilines is 2. The number of carbonyl (C=O) groups excluding carboxylic acids is 2. The zero-order chi connectivity index (χ0) is 19.7. The van der Waals surface area contributed by atoms with Crippen LogP contribution in [0.25, 0.3) is 0 Å². The van der Waals surface area contributed by atoms with Crippen molar-refractivity contribution in [3.8, 4) is 0 Å². The van der Waals surface area contributed by atoms with Gasteiger partial charge in [0.1, 0.15) is 0 Å². The standard InChI is InChI=1S/C22H29N3O2/c1-22(2,3)21(27)25-19-13-7-12-18(15-19)24-16-20(26)23-14-8-11-17-9-5-4-6-10-17/h4-7,9-10,12-13,15,24H,8,11,14,16H2,1-3H3,(H,23,26)(H,25,27). The van der Waals surface area contributed by atoms with Gasteiger partial charge in [0.2, 0.25) is 11.8 Å². The summed E-state index contributed by atoms with van der Waals surface area (Å²) in [6, 6.07) is 17.6. The van der Waals surface area contributed by atoms with Gasteiger partial charge in [0.25, 0.3) is 0 Å². The lowest BCUT2D eigenvalue weighted by molar-refractivity contribution is -0.123. The van der Waals surface area contributed by atoms with Crippen molar-refractivity contribution in [3.63, 3.8) is 0 Å². The van der Waals surface area contributed by atoms with Crippen LogP contribution in [-0.4, -0.2) is 24.9 Å². The molecule has 0 unspecified atom stereocenters. The van der Waals surface area contributed by atoms with Crippen LogP contribution in [0.2, 0.25) is 0 Å². The molecule has 0 saturated carbocycles. The maximum Gasteiger partial charge on any atom is 0.239 e. The molecule has 2 aromatic carbocycles. The van der Waals surface area contributed by atoms with Crippen LogP contribution in [0.5, 0.6) is 0 Å². The normalized spacial score (nSPS) is 10.9. The first kappa shape index (κ1) is 20.5. The fourth-order valence-electron chi connectivity index (χ4n) is 2.44. The average Bonchev–Trinajstić information content (AvgIpc) is 2.64. The van der Waals surface area contributed by atoms with Gasteiger partial charge in [0, 0.05) is 23.3 Å². The van der Waals surface area contributed by atoms with Gasteiger partial charge in [-0.25, -0.2) is 0 Å². The summed E-state index contributed by atoms with van der Waals surface area (Å²) in [5.41, 5.74) is 2.33. The quantitative estimate of drug-likeness (QED) is 0.621. The van der Waals surface area contributed by atoms with E-state index in [1.165, 1.54) is 5.56 Å². The van der Waals surface area contributed by atoms with E-state index in [1.54, 1.807) is 0 Å². The minimum absolute atomic E-state index is 0.0455. The summed E-state index contributed by atoms with van der Waals surface area (Å²) >= 11 is 0. The first-order valence-electron chi connectivity index (χ1n) is 9.30. The van der Waals surface area contributed by atoms with Crippen LogP contribution in [0.3, 0.4) is 0 Å². The second-order valence-electron chi connectivity index (χ2n) is 7.58. The smallest absolute Gasteiger partial charge is 0.239 e. The fraction of sp³-hybridized carbons (Fsp3) is 0.364. The lowest BCUT2D eigenvalue weighted by Gasteiger charge is -2.18. The van der Waals surface area contributed by atoms with E-state index in [0.29, 0.717) is 12.2 Å². The maximum atomic E-state index is 12.1. The third kappa shape index (κ3) is 7.52. The SMILES string of the molecule is CC(C)(C)C(=O)Nc1cccc(NCC(=O)NCCCc2ccccc2)c1. The molecule has 5 heteroatoms. The number of amides is 2. The highest BCUT2D eigenvalue weighted by atomic mass is 16.2. The van der Waals surface area contributed by atoms with Gasteiger partial charge < -0.3 is 16.0 Å². The monoisotopic (exact) mass is 367 g/mol.